The van der Waals surface area contributed by atoms with Gasteiger partial charge in [-0.3, -0.25) is 14.4 Å². The number of fused-ring (bicyclic) bond motifs is 5. The Bertz CT molecular complexity index is 2210. The van der Waals surface area contributed by atoms with Gasteiger partial charge in [0.25, 0.3) is 5.91 Å². The number of amides is 1. The van der Waals surface area contributed by atoms with Gasteiger partial charge in [0.15, 0.2) is 23.6 Å². The van der Waals surface area contributed by atoms with Gasteiger partial charge in [0.2, 0.25) is 0 Å². The molecule has 0 spiro atoms. The number of esters is 3. The molecule has 1 heterocycles. The highest BCUT2D eigenvalue weighted by Crippen LogP contribution is 2.64. The molecule has 4 aliphatic rings. The van der Waals surface area contributed by atoms with Gasteiger partial charge in [-0.2, -0.15) is 0 Å². The maximum absolute atomic E-state index is 15.5. The second-order valence-corrected chi connectivity index (χ2v) is 17.3. The number of ketones is 1. The first-order valence-electron chi connectivity index (χ1n) is 20.7. The van der Waals surface area contributed by atoms with Crippen molar-refractivity contribution in [2.45, 2.75) is 108 Å². The number of carbonyl (C=O) groups excluding carboxylic acids is 5. The number of Topliss-reactive ketones (excluding diaryl/α,β-unsaturated/α-hetero) is 1. The van der Waals surface area contributed by atoms with Crippen molar-refractivity contribution in [1.29, 1.82) is 0 Å². The molecule has 62 heavy (non-hydrogen) atoms. The van der Waals surface area contributed by atoms with E-state index in [4.69, 9.17) is 28.7 Å². The number of carbonyl (C=O) groups is 5. The number of benzene rings is 3. The Morgan fingerprint density at radius 1 is 0.887 bits per heavy atom. The Morgan fingerprint density at radius 2 is 1.48 bits per heavy atom. The lowest BCUT2D eigenvalue weighted by Gasteiger charge is -2.67. The molecule has 7 rings (SSSR count). The lowest BCUT2D eigenvalue weighted by molar-refractivity contribution is -0.464. The van der Waals surface area contributed by atoms with Gasteiger partial charge in [-0.25, -0.2) is 19.4 Å². The molecule has 3 aliphatic carbocycles. The molecule has 0 aromatic heterocycles. The summed E-state index contributed by atoms with van der Waals surface area (Å²) in [7, 11) is 0. The molecule has 1 amide bonds. The minimum atomic E-state index is -2.33. The van der Waals surface area contributed by atoms with Crippen LogP contribution in [-0.2, 0) is 43.1 Å². The summed E-state index contributed by atoms with van der Waals surface area (Å²) >= 11 is 0. The quantitative estimate of drug-likeness (QED) is 0.0663. The van der Waals surface area contributed by atoms with E-state index < -0.39 is 107 Å². The summed E-state index contributed by atoms with van der Waals surface area (Å²) in [6.45, 7) is 8.86. The fourth-order valence-corrected chi connectivity index (χ4v) is 10.1. The van der Waals surface area contributed by atoms with Crippen LogP contribution in [-0.4, -0.2) is 106 Å². The smallest absolute Gasteiger partial charge is 0.338 e. The van der Waals surface area contributed by atoms with Crippen LogP contribution in [0.5, 0.6) is 0 Å². The first-order chi connectivity index (χ1) is 29.4. The van der Waals surface area contributed by atoms with Gasteiger partial charge >= 0.3 is 17.9 Å². The number of hydrogen-bond donors (Lipinski definition) is 4. The lowest BCUT2D eigenvalue weighted by atomic mass is 9.44. The van der Waals surface area contributed by atoms with Crippen LogP contribution in [0.25, 0.3) is 0 Å². The number of nitrogens with one attached hydrogen (secondary N) is 1. The second-order valence-electron chi connectivity index (χ2n) is 17.3. The number of aliphatic hydroxyl groups excluding tert-OH is 2. The van der Waals surface area contributed by atoms with Crippen LogP contribution < -0.4 is 5.32 Å². The van der Waals surface area contributed by atoms with Crippen LogP contribution in [0.4, 0.5) is 0 Å². The van der Waals surface area contributed by atoms with E-state index in [2.05, 4.69) is 5.32 Å². The van der Waals surface area contributed by atoms with Crippen LogP contribution in [0.2, 0.25) is 0 Å². The lowest BCUT2D eigenvalue weighted by Crippen LogP contribution is -2.81. The van der Waals surface area contributed by atoms with Crippen LogP contribution >= 0.6 is 0 Å². The van der Waals surface area contributed by atoms with Crippen molar-refractivity contribution in [3.8, 4) is 0 Å². The zero-order valence-corrected chi connectivity index (χ0v) is 35.4. The fraction of sp³-hybridized carbons (Fsp3) is 0.468. The van der Waals surface area contributed by atoms with Gasteiger partial charge < -0.3 is 39.6 Å². The predicted molar refractivity (Wildman–Crippen MR) is 219 cm³/mol. The van der Waals surface area contributed by atoms with Gasteiger partial charge in [0.05, 0.1) is 48.4 Å². The summed E-state index contributed by atoms with van der Waals surface area (Å²) in [4.78, 5) is 82.3. The third-order valence-electron chi connectivity index (χ3n) is 13.5. The monoisotopic (exact) mass is 855 g/mol. The van der Waals surface area contributed by atoms with Gasteiger partial charge in [-0.15, -0.1) is 0 Å². The molecule has 3 fully saturated rings. The third kappa shape index (κ3) is 7.43. The van der Waals surface area contributed by atoms with Crippen LogP contribution in [0.1, 0.15) is 86.7 Å². The number of hydrogen-bond acceptors (Lipinski definition) is 14. The van der Waals surface area contributed by atoms with E-state index in [0.29, 0.717) is 5.56 Å². The minimum absolute atomic E-state index is 0.0372. The van der Waals surface area contributed by atoms with E-state index in [9.17, 15) is 34.5 Å². The zero-order chi connectivity index (χ0) is 44.8. The Kier molecular flexibility index (Phi) is 12.4. The topological polar surface area (TPSA) is 213 Å². The Hall–Kier alpha value is -5.29. The first kappa shape index (κ1) is 44.8. The van der Waals surface area contributed by atoms with E-state index in [1.165, 1.54) is 19.1 Å². The molecule has 1 saturated heterocycles. The van der Waals surface area contributed by atoms with Crippen LogP contribution in [0, 0.1) is 16.7 Å². The van der Waals surface area contributed by atoms with Crippen molar-refractivity contribution >= 4 is 29.6 Å². The summed E-state index contributed by atoms with van der Waals surface area (Å²) < 4.78 is 24.4. The highest BCUT2D eigenvalue weighted by atomic mass is 17.2. The standard InChI is InChI=1S/C47H53NO14/c1-7-58-62-46-25-57-33(46)23-32(50)45(6)38(46)40(61-42(54)30-21-15-10-16-22-30)47(56)24-31(26(2)34(44(47,4)5)37(39(45)52)59-27(3)49)60-43(55)36(51)35(28-17-11-8-12-18-28)48-41(53)29-19-13-9-14-20-29/h8-22,31-33,35-38,40,50-51,56H,7,23-25H2,1-6H3,(H,48,53)/t31?,32?,33?,35-,36?,37?,38?,40?,45+,46-,47?/m0/s1. The summed E-state index contributed by atoms with van der Waals surface area (Å²) in [5, 5.41) is 40.3. The second kappa shape index (κ2) is 17.1. The van der Waals surface area contributed by atoms with Gasteiger partial charge in [-0.05, 0) is 61.7 Å². The Labute approximate surface area is 359 Å². The van der Waals surface area contributed by atoms with Crippen molar-refractivity contribution < 1.29 is 68.0 Å². The van der Waals surface area contributed by atoms with E-state index in [0.717, 1.165) is 6.92 Å². The summed E-state index contributed by atoms with van der Waals surface area (Å²) in [6, 6.07) is 23.2. The normalized spacial score (nSPS) is 32.0. The van der Waals surface area contributed by atoms with E-state index in [1.54, 1.807) is 107 Å². The highest BCUT2D eigenvalue weighted by Gasteiger charge is 2.78. The summed E-state index contributed by atoms with van der Waals surface area (Å²) in [6.07, 6.45) is -10.0. The Balaban J connectivity index is 1.38. The van der Waals surface area contributed by atoms with Crippen molar-refractivity contribution in [1.82, 2.24) is 5.32 Å². The molecule has 2 saturated carbocycles. The van der Waals surface area contributed by atoms with Crippen molar-refractivity contribution in [3.05, 3.63) is 119 Å². The molecule has 0 radical (unpaired) electrons. The predicted octanol–water partition coefficient (Wildman–Crippen LogP) is 4.14. The number of ether oxygens (including phenoxy) is 4. The SMILES string of the molecule is CCOO[C@@]12COC1CC(O)[C@@]1(C)C(=O)C(OC(C)=O)C3=C(C)C(OC(=O)C(O)[C@@H](NC(=O)c4ccccc4)c4ccccc4)CC(O)(C(OC(=O)c4ccccc4)C21)C3(C)C. The van der Waals surface area contributed by atoms with Crippen molar-refractivity contribution in [2.24, 2.45) is 16.7 Å². The van der Waals surface area contributed by atoms with Gasteiger partial charge in [0.1, 0.15) is 17.8 Å². The molecule has 15 nitrogen and oxygen atoms in total. The average Bonchev–Trinajstić information content (AvgIpc) is 3.25. The summed E-state index contributed by atoms with van der Waals surface area (Å²) in [5.41, 5.74) is -6.52. The molecule has 1 aliphatic heterocycles. The molecule has 2 bridgehead atoms. The molecule has 3 aromatic carbocycles. The average molecular weight is 856 g/mol. The van der Waals surface area contributed by atoms with Crippen molar-refractivity contribution in [3.63, 3.8) is 0 Å². The summed E-state index contributed by atoms with van der Waals surface area (Å²) in [5.74, 6) is -5.76. The van der Waals surface area contributed by atoms with Crippen LogP contribution in [0.3, 0.4) is 0 Å². The van der Waals surface area contributed by atoms with E-state index >= 15 is 4.79 Å². The minimum Gasteiger partial charge on any atom is -0.456 e. The Morgan fingerprint density at radius 3 is 2.05 bits per heavy atom. The third-order valence-corrected chi connectivity index (χ3v) is 13.5. The number of rotatable bonds is 12. The first-order valence-corrected chi connectivity index (χ1v) is 20.7. The maximum Gasteiger partial charge on any atom is 0.338 e. The fourth-order valence-electron chi connectivity index (χ4n) is 10.1. The maximum atomic E-state index is 15.5. The highest BCUT2D eigenvalue weighted by molar-refractivity contribution is 5.96. The van der Waals surface area contributed by atoms with Crippen molar-refractivity contribution in [2.75, 3.05) is 13.2 Å². The zero-order valence-electron chi connectivity index (χ0n) is 35.4. The van der Waals surface area contributed by atoms with E-state index in [1.807, 2.05) is 0 Å². The molecular formula is C47H53NO14. The number of aliphatic hydroxyl groups is 3. The largest absolute Gasteiger partial charge is 0.456 e. The molecule has 8 unspecified atom stereocenters. The van der Waals surface area contributed by atoms with Gasteiger partial charge in [0, 0.05) is 30.7 Å². The molecule has 330 valence electrons. The molecule has 3 aromatic rings. The van der Waals surface area contributed by atoms with Crippen LogP contribution in [0.15, 0.2) is 102 Å². The molecule has 15 heteroatoms. The molecular weight excluding hydrogens is 803 g/mol. The van der Waals surface area contributed by atoms with E-state index in [-0.39, 0.29) is 41.9 Å². The molecule has 11 atom stereocenters. The van der Waals surface area contributed by atoms with Gasteiger partial charge in [-0.1, -0.05) is 80.6 Å². The molecule has 4 N–H and O–H groups in total.